The van der Waals surface area contributed by atoms with Gasteiger partial charge in [-0.3, -0.25) is 9.69 Å². The van der Waals surface area contributed by atoms with Crippen LogP contribution in [0, 0.1) is 0 Å². The van der Waals surface area contributed by atoms with E-state index in [0.717, 1.165) is 5.69 Å². The first-order valence-electron chi connectivity index (χ1n) is 6.32. The fraction of sp³-hybridized carbons (Fsp3) is 0.429. The number of amides is 2. The van der Waals surface area contributed by atoms with Crippen molar-refractivity contribution in [1.82, 2.24) is 4.90 Å². The van der Waals surface area contributed by atoms with Crippen LogP contribution >= 0.6 is 0 Å². The van der Waals surface area contributed by atoms with Gasteiger partial charge in [0.2, 0.25) is 0 Å². The van der Waals surface area contributed by atoms with Crippen LogP contribution in [0.5, 0.6) is 0 Å². The average molecular weight is 264 g/mol. The maximum Gasteiger partial charge on any atom is 0.325 e. The van der Waals surface area contributed by atoms with E-state index in [9.17, 15) is 9.59 Å². The standard InChI is InChI=1S/C14H20N2O3/c1-4-15(12-8-6-5-7-9-12)14(19)16(11(2)3)10-13(17)18/h5-9,11H,4,10H2,1-3H3,(H,17,18). The van der Waals surface area contributed by atoms with Crippen molar-refractivity contribution in [2.24, 2.45) is 0 Å². The zero-order valence-electron chi connectivity index (χ0n) is 11.5. The van der Waals surface area contributed by atoms with Crippen LogP contribution in [-0.4, -0.2) is 41.1 Å². The highest BCUT2D eigenvalue weighted by molar-refractivity contribution is 5.93. The number of hydrogen-bond donors (Lipinski definition) is 1. The fourth-order valence-electron chi connectivity index (χ4n) is 1.81. The van der Waals surface area contributed by atoms with Crippen molar-refractivity contribution >= 4 is 17.7 Å². The molecule has 0 bridgehead atoms. The van der Waals surface area contributed by atoms with Gasteiger partial charge >= 0.3 is 12.0 Å². The molecule has 1 N–H and O–H groups in total. The Kier molecular flexibility index (Phi) is 5.36. The number of carboxylic acid groups (broad SMARTS) is 1. The number of rotatable bonds is 5. The van der Waals surface area contributed by atoms with Crippen LogP contribution in [-0.2, 0) is 4.79 Å². The highest BCUT2D eigenvalue weighted by Gasteiger charge is 2.25. The summed E-state index contributed by atoms with van der Waals surface area (Å²) in [5.74, 6) is -1.01. The molecule has 0 spiro atoms. The predicted octanol–water partition coefficient (Wildman–Crippen LogP) is 2.43. The molecule has 19 heavy (non-hydrogen) atoms. The molecule has 0 aliphatic rings. The number of carbonyl (C=O) groups is 2. The molecule has 5 nitrogen and oxygen atoms in total. The topological polar surface area (TPSA) is 60.9 Å². The Bertz CT molecular complexity index is 432. The molecular formula is C14H20N2O3. The third-order valence-corrected chi connectivity index (χ3v) is 2.79. The number of hydrogen-bond acceptors (Lipinski definition) is 2. The molecule has 0 heterocycles. The van der Waals surface area contributed by atoms with Crippen molar-refractivity contribution in [1.29, 1.82) is 0 Å². The van der Waals surface area contributed by atoms with Gasteiger partial charge in [0.25, 0.3) is 0 Å². The molecule has 0 saturated carbocycles. The van der Waals surface area contributed by atoms with Crippen LogP contribution in [0.3, 0.4) is 0 Å². The number of carboxylic acids is 1. The summed E-state index contributed by atoms with van der Waals surface area (Å²) >= 11 is 0. The van der Waals surface area contributed by atoms with Crippen LogP contribution < -0.4 is 4.90 Å². The maximum atomic E-state index is 12.4. The van der Waals surface area contributed by atoms with Gasteiger partial charge in [-0.05, 0) is 32.9 Å². The Balaban J connectivity index is 2.96. The minimum Gasteiger partial charge on any atom is -0.480 e. The third-order valence-electron chi connectivity index (χ3n) is 2.79. The summed E-state index contributed by atoms with van der Waals surface area (Å²) in [6, 6.07) is 8.79. The second-order valence-electron chi connectivity index (χ2n) is 4.48. The summed E-state index contributed by atoms with van der Waals surface area (Å²) in [7, 11) is 0. The molecule has 5 heteroatoms. The molecule has 1 aromatic carbocycles. The van der Waals surface area contributed by atoms with Crippen LogP contribution in [0.15, 0.2) is 30.3 Å². The lowest BCUT2D eigenvalue weighted by molar-refractivity contribution is -0.137. The van der Waals surface area contributed by atoms with Crippen LogP contribution in [0.4, 0.5) is 10.5 Å². The fourth-order valence-corrected chi connectivity index (χ4v) is 1.81. The van der Waals surface area contributed by atoms with Crippen LogP contribution in [0.25, 0.3) is 0 Å². The Morgan fingerprint density at radius 3 is 2.21 bits per heavy atom. The highest BCUT2D eigenvalue weighted by atomic mass is 16.4. The smallest absolute Gasteiger partial charge is 0.325 e. The normalized spacial score (nSPS) is 10.3. The van der Waals surface area contributed by atoms with Gasteiger partial charge in [-0.25, -0.2) is 4.79 Å². The minimum absolute atomic E-state index is 0.165. The quantitative estimate of drug-likeness (QED) is 0.888. The van der Waals surface area contributed by atoms with Gasteiger partial charge in [-0.2, -0.15) is 0 Å². The molecule has 104 valence electrons. The highest BCUT2D eigenvalue weighted by Crippen LogP contribution is 2.16. The maximum absolute atomic E-state index is 12.4. The first kappa shape index (κ1) is 15.0. The van der Waals surface area contributed by atoms with Gasteiger partial charge in [0.15, 0.2) is 0 Å². The number of urea groups is 1. The van der Waals surface area contributed by atoms with E-state index in [1.165, 1.54) is 4.90 Å². The number of para-hydroxylation sites is 1. The van der Waals surface area contributed by atoms with E-state index in [0.29, 0.717) is 6.54 Å². The Morgan fingerprint density at radius 1 is 1.21 bits per heavy atom. The SMILES string of the molecule is CCN(C(=O)N(CC(=O)O)C(C)C)c1ccccc1. The molecule has 0 aliphatic carbocycles. The summed E-state index contributed by atoms with van der Waals surface area (Å²) in [5.41, 5.74) is 0.769. The van der Waals surface area contributed by atoms with Crippen molar-refractivity contribution in [2.45, 2.75) is 26.8 Å². The van der Waals surface area contributed by atoms with Gasteiger partial charge in [0, 0.05) is 18.3 Å². The Hall–Kier alpha value is -2.04. The zero-order chi connectivity index (χ0) is 14.4. The van der Waals surface area contributed by atoms with Crippen molar-refractivity contribution in [3.8, 4) is 0 Å². The van der Waals surface area contributed by atoms with Crippen molar-refractivity contribution in [2.75, 3.05) is 18.0 Å². The number of carbonyl (C=O) groups excluding carboxylic acids is 1. The van der Waals surface area contributed by atoms with Gasteiger partial charge in [0.1, 0.15) is 6.54 Å². The lowest BCUT2D eigenvalue weighted by Gasteiger charge is -2.31. The van der Waals surface area contributed by atoms with E-state index in [1.807, 2.05) is 37.3 Å². The second kappa shape index (κ2) is 6.78. The Labute approximate surface area is 113 Å². The summed E-state index contributed by atoms with van der Waals surface area (Å²) in [5, 5.41) is 8.89. The molecular weight excluding hydrogens is 244 g/mol. The first-order chi connectivity index (χ1) is 8.97. The largest absolute Gasteiger partial charge is 0.480 e. The average Bonchev–Trinajstić information content (AvgIpc) is 2.37. The van der Waals surface area contributed by atoms with E-state index >= 15 is 0 Å². The predicted molar refractivity (Wildman–Crippen MR) is 74.3 cm³/mol. The monoisotopic (exact) mass is 264 g/mol. The lowest BCUT2D eigenvalue weighted by atomic mass is 10.2. The van der Waals surface area contributed by atoms with E-state index in [-0.39, 0.29) is 18.6 Å². The van der Waals surface area contributed by atoms with Gasteiger partial charge < -0.3 is 10.0 Å². The third kappa shape index (κ3) is 3.98. The summed E-state index contributed by atoms with van der Waals surface area (Å²) in [6.07, 6.45) is 0. The summed E-state index contributed by atoms with van der Waals surface area (Å²) < 4.78 is 0. The molecule has 2 amide bonds. The second-order valence-corrected chi connectivity index (χ2v) is 4.48. The lowest BCUT2D eigenvalue weighted by Crippen LogP contribution is -2.48. The van der Waals surface area contributed by atoms with Gasteiger partial charge in [-0.15, -0.1) is 0 Å². The number of anilines is 1. The van der Waals surface area contributed by atoms with Gasteiger partial charge in [0.05, 0.1) is 0 Å². The summed E-state index contributed by atoms with van der Waals surface area (Å²) in [4.78, 5) is 26.2. The molecule has 0 atom stereocenters. The molecule has 0 fully saturated rings. The number of nitrogens with zero attached hydrogens (tertiary/aromatic N) is 2. The van der Waals surface area contributed by atoms with Crippen molar-refractivity contribution < 1.29 is 14.7 Å². The first-order valence-corrected chi connectivity index (χ1v) is 6.32. The zero-order valence-corrected chi connectivity index (χ0v) is 11.5. The molecule has 0 aliphatic heterocycles. The summed E-state index contributed by atoms with van der Waals surface area (Å²) in [6.45, 7) is 5.68. The van der Waals surface area contributed by atoms with Crippen molar-refractivity contribution in [3.05, 3.63) is 30.3 Å². The molecule has 0 aromatic heterocycles. The van der Waals surface area contributed by atoms with E-state index < -0.39 is 5.97 Å². The van der Waals surface area contributed by atoms with Crippen LogP contribution in [0.2, 0.25) is 0 Å². The van der Waals surface area contributed by atoms with E-state index in [4.69, 9.17) is 5.11 Å². The molecule has 0 unspecified atom stereocenters. The minimum atomic E-state index is -1.01. The number of benzene rings is 1. The van der Waals surface area contributed by atoms with Gasteiger partial charge in [-0.1, -0.05) is 18.2 Å². The van der Waals surface area contributed by atoms with Crippen LogP contribution in [0.1, 0.15) is 20.8 Å². The van der Waals surface area contributed by atoms with E-state index in [1.54, 1.807) is 18.7 Å². The van der Waals surface area contributed by atoms with Crippen molar-refractivity contribution in [3.63, 3.8) is 0 Å². The van der Waals surface area contributed by atoms with E-state index in [2.05, 4.69) is 0 Å². The molecule has 1 rings (SSSR count). The Morgan fingerprint density at radius 2 is 1.79 bits per heavy atom. The molecule has 0 saturated heterocycles. The number of aliphatic carboxylic acids is 1. The molecule has 1 aromatic rings. The molecule has 0 radical (unpaired) electrons.